The molecule has 0 spiro atoms. The van der Waals surface area contributed by atoms with Gasteiger partial charge in [-0.05, 0) is 42.0 Å². The van der Waals surface area contributed by atoms with Crippen LogP contribution in [0, 0.1) is 0 Å². The number of rotatable bonds is 4. The first-order valence-corrected chi connectivity index (χ1v) is 9.64. The Hall–Kier alpha value is -2.28. The number of amides is 2. The van der Waals surface area contributed by atoms with Gasteiger partial charge in [0.1, 0.15) is 5.75 Å². The standard InChI is InChI=1S/C19H23N3O3S/c1-3-12-25-16-6-4-15(5-7-16)13-17-18(24)20-19(26-17)22-10-8-21(9-11-22)14(2)23/h4-7,13H,3,8-12H2,1-2H3/b17-13-. The molecule has 2 amide bonds. The molecule has 26 heavy (non-hydrogen) atoms. The molecule has 1 aromatic carbocycles. The molecule has 2 aliphatic rings. The highest BCUT2D eigenvalue weighted by atomic mass is 32.2. The van der Waals surface area contributed by atoms with Crippen LogP contribution in [0.3, 0.4) is 0 Å². The Morgan fingerprint density at radius 3 is 2.54 bits per heavy atom. The lowest BCUT2D eigenvalue weighted by Crippen LogP contribution is -2.49. The molecule has 0 radical (unpaired) electrons. The van der Waals surface area contributed by atoms with E-state index in [-0.39, 0.29) is 11.8 Å². The molecule has 3 rings (SSSR count). The average Bonchev–Trinajstić information content (AvgIpc) is 3.02. The van der Waals surface area contributed by atoms with Crippen LogP contribution in [0.5, 0.6) is 5.75 Å². The second-order valence-electron chi connectivity index (χ2n) is 6.22. The molecule has 0 N–H and O–H groups in total. The van der Waals surface area contributed by atoms with Gasteiger partial charge in [-0.15, -0.1) is 0 Å². The van der Waals surface area contributed by atoms with Gasteiger partial charge >= 0.3 is 0 Å². The lowest BCUT2D eigenvalue weighted by atomic mass is 10.2. The zero-order chi connectivity index (χ0) is 18.5. The van der Waals surface area contributed by atoms with Crippen LogP contribution < -0.4 is 4.74 Å². The van der Waals surface area contributed by atoms with Gasteiger partial charge in [0.05, 0.1) is 11.5 Å². The van der Waals surface area contributed by atoms with Crippen LogP contribution in [0.25, 0.3) is 6.08 Å². The molecule has 0 bridgehead atoms. The van der Waals surface area contributed by atoms with Gasteiger partial charge in [0.25, 0.3) is 5.91 Å². The Labute approximate surface area is 157 Å². The predicted octanol–water partition coefficient (Wildman–Crippen LogP) is 2.61. The fourth-order valence-corrected chi connectivity index (χ4v) is 3.74. The molecule has 0 aromatic heterocycles. The molecule has 7 heteroatoms. The summed E-state index contributed by atoms with van der Waals surface area (Å²) in [6.45, 7) is 7.09. The zero-order valence-electron chi connectivity index (χ0n) is 15.1. The van der Waals surface area contributed by atoms with E-state index in [1.54, 1.807) is 6.92 Å². The minimum absolute atomic E-state index is 0.0914. The van der Waals surface area contributed by atoms with Gasteiger partial charge in [0.2, 0.25) is 5.91 Å². The molecule has 6 nitrogen and oxygen atoms in total. The molecule has 0 unspecified atom stereocenters. The number of hydrogen-bond acceptors (Lipinski definition) is 5. The number of amidine groups is 1. The van der Waals surface area contributed by atoms with E-state index >= 15 is 0 Å². The number of carbonyl (C=O) groups is 2. The number of carbonyl (C=O) groups excluding carboxylic acids is 2. The summed E-state index contributed by atoms with van der Waals surface area (Å²) in [4.78, 5) is 32.3. The summed E-state index contributed by atoms with van der Waals surface area (Å²) < 4.78 is 5.57. The van der Waals surface area contributed by atoms with Crippen molar-refractivity contribution in [1.29, 1.82) is 0 Å². The number of thioether (sulfide) groups is 1. The fraction of sp³-hybridized carbons (Fsp3) is 0.421. The van der Waals surface area contributed by atoms with E-state index in [0.29, 0.717) is 37.7 Å². The van der Waals surface area contributed by atoms with E-state index in [9.17, 15) is 9.59 Å². The number of nitrogens with zero attached hydrogens (tertiary/aromatic N) is 3. The Balaban J connectivity index is 1.61. The van der Waals surface area contributed by atoms with Crippen molar-refractivity contribution < 1.29 is 14.3 Å². The molecule has 1 aromatic rings. The van der Waals surface area contributed by atoms with Crippen molar-refractivity contribution in [2.24, 2.45) is 4.99 Å². The smallest absolute Gasteiger partial charge is 0.286 e. The summed E-state index contributed by atoms with van der Waals surface area (Å²) in [6, 6.07) is 7.70. The fourth-order valence-electron chi connectivity index (χ4n) is 2.78. The number of aliphatic imine (C=N–C) groups is 1. The first-order chi connectivity index (χ1) is 12.6. The highest BCUT2D eigenvalue weighted by Crippen LogP contribution is 2.31. The van der Waals surface area contributed by atoms with Crippen LogP contribution >= 0.6 is 11.8 Å². The minimum Gasteiger partial charge on any atom is -0.494 e. The van der Waals surface area contributed by atoms with Crippen molar-refractivity contribution in [2.45, 2.75) is 20.3 Å². The maximum Gasteiger partial charge on any atom is 0.286 e. The average molecular weight is 373 g/mol. The van der Waals surface area contributed by atoms with Gasteiger partial charge in [-0.1, -0.05) is 19.1 Å². The summed E-state index contributed by atoms with van der Waals surface area (Å²) in [5, 5.41) is 0.729. The third-order valence-electron chi connectivity index (χ3n) is 4.26. The topological polar surface area (TPSA) is 62.2 Å². The quantitative estimate of drug-likeness (QED) is 0.759. The van der Waals surface area contributed by atoms with Crippen LogP contribution in [0.4, 0.5) is 0 Å². The normalized spacial score (nSPS) is 19.1. The van der Waals surface area contributed by atoms with E-state index in [1.807, 2.05) is 35.2 Å². The number of piperazine rings is 1. The van der Waals surface area contributed by atoms with Crippen molar-refractivity contribution in [3.05, 3.63) is 34.7 Å². The van der Waals surface area contributed by atoms with Crippen LogP contribution in [0.1, 0.15) is 25.8 Å². The summed E-state index contributed by atoms with van der Waals surface area (Å²) in [6.07, 6.45) is 2.83. The van der Waals surface area contributed by atoms with Crippen molar-refractivity contribution >= 4 is 34.8 Å². The second kappa shape index (κ2) is 8.40. The van der Waals surface area contributed by atoms with E-state index < -0.39 is 0 Å². The minimum atomic E-state index is -0.203. The predicted molar refractivity (Wildman–Crippen MR) is 104 cm³/mol. The first-order valence-electron chi connectivity index (χ1n) is 8.82. The lowest BCUT2D eigenvalue weighted by Gasteiger charge is -2.34. The van der Waals surface area contributed by atoms with Crippen molar-refractivity contribution in [3.63, 3.8) is 0 Å². The molecule has 2 heterocycles. The van der Waals surface area contributed by atoms with Crippen LogP contribution in [-0.4, -0.2) is 59.6 Å². The molecular weight excluding hydrogens is 350 g/mol. The Morgan fingerprint density at radius 1 is 1.23 bits per heavy atom. The van der Waals surface area contributed by atoms with Gasteiger partial charge in [-0.2, -0.15) is 4.99 Å². The summed E-state index contributed by atoms with van der Waals surface area (Å²) >= 11 is 1.40. The summed E-state index contributed by atoms with van der Waals surface area (Å²) in [5.41, 5.74) is 0.947. The van der Waals surface area contributed by atoms with Crippen LogP contribution in [-0.2, 0) is 9.59 Å². The monoisotopic (exact) mass is 373 g/mol. The highest BCUT2D eigenvalue weighted by Gasteiger charge is 2.28. The number of hydrogen-bond donors (Lipinski definition) is 0. The third kappa shape index (κ3) is 4.46. The molecule has 138 valence electrons. The van der Waals surface area contributed by atoms with E-state index in [1.165, 1.54) is 11.8 Å². The molecule has 1 saturated heterocycles. The molecular formula is C19H23N3O3S. The molecule has 2 aliphatic heterocycles. The molecule has 0 aliphatic carbocycles. The second-order valence-corrected chi connectivity index (χ2v) is 7.23. The van der Waals surface area contributed by atoms with Gasteiger partial charge in [-0.3, -0.25) is 9.59 Å². The van der Waals surface area contributed by atoms with Crippen LogP contribution in [0.2, 0.25) is 0 Å². The maximum atomic E-state index is 12.2. The van der Waals surface area contributed by atoms with E-state index in [2.05, 4.69) is 16.8 Å². The molecule has 0 saturated carbocycles. The Morgan fingerprint density at radius 2 is 1.92 bits per heavy atom. The SMILES string of the molecule is CCCOc1ccc(/C=C2\SC(N3CCN(C(C)=O)CC3)=NC2=O)cc1. The van der Waals surface area contributed by atoms with Crippen molar-refractivity contribution in [1.82, 2.24) is 9.80 Å². The zero-order valence-corrected chi connectivity index (χ0v) is 15.9. The van der Waals surface area contributed by atoms with Gasteiger partial charge in [0, 0.05) is 33.1 Å². The lowest BCUT2D eigenvalue weighted by molar-refractivity contribution is -0.130. The largest absolute Gasteiger partial charge is 0.494 e. The number of ether oxygens (including phenoxy) is 1. The van der Waals surface area contributed by atoms with Crippen molar-refractivity contribution in [2.75, 3.05) is 32.8 Å². The molecule has 0 atom stereocenters. The maximum absolute atomic E-state index is 12.2. The third-order valence-corrected chi connectivity index (χ3v) is 5.30. The summed E-state index contributed by atoms with van der Waals surface area (Å²) in [5.74, 6) is 0.721. The van der Waals surface area contributed by atoms with E-state index in [0.717, 1.165) is 22.9 Å². The Bertz CT molecular complexity index is 735. The van der Waals surface area contributed by atoms with Gasteiger partial charge in [0.15, 0.2) is 5.17 Å². The Kier molecular flexibility index (Phi) is 5.98. The van der Waals surface area contributed by atoms with Crippen LogP contribution in [0.15, 0.2) is 34.2 Å². The molecule has 1 fully saturated rings. The van der Waals surface area contributed by atoms with E-state index in [4.69, 9.17) is 4.74 Å². The highest BCUT2D eigenvalue weighted by molar-refractivity contribution is 8.18. The summed E-state index contributed by atoms with van der Waals surface area (Å²) in [7, 11) is 0. The van der Waals surface area contributed by atoms with Gasteiger partial charge in [-0.25, -0.2) is 0 Å². The first kappa shape index (κ1) is 18.5. The van der Waals surface area contributed by atoms with Gasteiger partial charge < -0.3 is 14.5 Å². The van der Waals surface area contributed by atoms with Crippen molar-refractivity contribution in [3.8, 4) is 5.75 Å². The number of benzene rings is 1.